The van der Waals surface area contributed by atoms with Gasteiger partial charge in [0.15, 0.2) is 0 Å². The quantitative estimate of drug-likeness (QED) is 0.689. The number of carbonyl (C=O) groups excluding carboxylic acids is 2. The van der Waals surface area contributed by atoms with Crippen molar-refractivity contribution in [1.29, 1.82) is 0 Å². The topological polar surface area (TPSA) is 84.7 Å². The van der Waals surface area contributed by atoms with Crippen LogP contribution in [0.1, 0.15) is 31.3 Å². The molecule has 1 aliphatic heterocycles. The highest BCUT2D eigenvalue weighted by Crippen LogP contribution is 2.36. The van der Waals surface area contributed by atoms with Gasteiger partial charge in [0.25, 0.3) is 5.91 Å². The van der Waals surface area contributed by atoms with Crippen molar-refractivity contribution in [3.8, 4) is 16.3 Å². The lowest BCUT2D eigenvalue weighted by atomic mass is 9.94. The molecule has 4 rings (SSSR count). The molecule has 1 aromatic carbocycles. The number of nitrogens with one attached hydrogen (secondary N) is 1. The Morgan fingerprint density at radius 2 is 2.07 bits per heavy atom. The van der Waals surface area contributed by atoms with Gasteiger partial charge in [0.1, 0.15) is 29.3 Å². The number of rotatable bonds is 3. The number of benzene rings is 1. The molecule has 0 saturated carbocycles. The summed E-state index contributed by atoms with van der Waals surface area (Å²) in [4.78, 5) is 31.5. The van der Waals surface area contributed by atoms with E-state index in [2.05, 4.69) is 10.3 Å². The summed E-state index contributed by atoms with van der Waals surface area (Å²) >= 11 is 1.37. The van der Waals surface area contributed by atoms with Crippen LogP contribution in [-0.4, -0.2) is 29.9 Å². The van der Waals surface area contributed by atoms with Crippen LogP contribution in [0.25, 0.3) is 10.6 Å². The van der Waals surface area contributed by atoms with Gasteiger partial charge in [-0.15, -0.1) is 11.3 Å². The van der Waals surface area contributed by atoms with Crippen molar-refractivity contribution >= 4 is 34.5 Å². The third kappa shape index (κ3) is 3.88. The molecule has 2 amide bonds. The first-order valence-corrected chi connectivity index (χ1v) is 10.1. The number of thiazole rings is 1. The normalized spacial score (nSPS) is 13.6. The number of anilines is 2. The Bertz CT molecular complexity index is 1050. The van der Waals surface area contributed by atoms with Gasteiger partial charge in [0.2, 0.25) is 5.91 Å². The molecule has 1 aliphatic rings. The second-order valence-corrected chi connectivity index (χ2v) is 8.60. The summed E-state index contributed by atoms with van der Waals surface area (Å²) in [5.74, 6) is 0.318. The number of hydrogen-bond donors (Lipinski definition) is 1. The summed E-state index contributed by atoms with van der Waals surface area (Å²) < 4.78 is 10.7. The summed E-state index contributed by atoms with van der Waals surface area (Å²) in [7, 11) is 0. The van der Waals surface area contributed by atoms with E-state index in [0.717, 1.165) is 5.56 Å². The van der Waals surface area contributed by atoms with Crippen molar-refractivity contribution in [1.82, 2.24) is 4.98 Å². The van der Waals surface area contributed by atoms with Crippen LogP contribution in [-0.2, 0) is 4.79 Å². The maximum Gasteiger partial charge on any atom is 0.275 e. The molecule has 0 aliphatic carbocycles. The number of nitrogens with zero attached hydrogens (tertiary/aromatic N) is 2. The summed E-state index contributed by atoms with van der Waals surface area (Å²) in [6.45, 7) is 6.57. The van der Waals surface area contributed by atoms with Gasteiger partial charge in [-0.1, -0.05) is 20.8 Å². The SMILES string of the molecule is CC(C)(C)C(=O)N1CCOc2ccc(NC(=O)c3csc(-c4ccoc4)n3)cc21. The fourth-order valence-corrected chi connectivity index (χ4v) is 3.79. The number of aromatic nitrogens is 1. The maximum absolute atomic E-state index is 12.8. The molecule has 0 radical (unpaired) electrons. The van der Waals surface area contributed by atoms with Crippen LogP contribution >= 0.6 is 11.3 Å². The van der Waals surface area contributed by atoms with E-state index in [-0.39, 0.29) is 11.8 Å². The number of furan rings is 1. The Balaban J connectivity index is 1.56. The Morgan fingerprint density at radius 3 is 2.79 bits per heavy atom. The highest BCUT2D eigenvalue weighted by molar-refractivity contribution is 7.13. The van der Waals surface area contributed by atoms with E-state index in [1.165, 1.54) is 11.3 Å². The lowest BCUT2D eigenvalue weighted by Crippen LogP contribution is -2.44. The molecule has 0 unspecified atom stereocenters. The maximum atomic E-state index is 12.8. The first kappa shape index (κ1) is 19.2. The Hall–Kier alpha value is -3.13. The Kier molecular flexibility index (Phi) is 4.87. The fourth-order valence-electron chi connectivity index (χ4n) is 3.00. The first-order chi connectivity index (χ1) is 13.8. The minimum Gasteiger partial charge on any atom is -0.490 e. The minimum absolute atomic E-state index is 0.00906. The summed E-state index contributed by atoms with van der Waals surface area (Å²) in [6, 6.07) is 7.08. The van der Waals surface area contributed by atoms with Crippen LogP contribution < -0.4 is 15.0 Å². The number of hydrogen-bond acceptors (Lipinski definition) is 6. The number of carbonyl (C=O) groups is 2. The van der Waals surface area contributed by atoms with Gasteiger partial charge < -0.3 is 19.4 Å². The van der Waals surface area contributed by atoms with Gasteiger partial charge in [-0.2, -0.15) is 0 Å². The van der Waals surface area contributed by atoms with Gasteiger partial charge >= 0.3 is 0 Å². The molecule has 3 heterocycles. The zero-order chi connectivity index (χ0) is 20.6. The van der Waals surface area contributed by atoms with Crippen LogP contribution in [0.3, 0.4) is 0 Å². The second-order valence-electron chi connectivity index (χ2n) is 7.74. The smallest absolute Gasteiger partial charge is 0.275 e. The summed E-state index contributed by atoms with van der Waals surface area (Å²) in [5, 5.41) is 5.27. The van der Waals surface area contributed by atoms with Gasteiger partial charge in [0.05, 0.1) is 18.5 Å². The third-order valence-corrected chi connectivity index (χ3v) is 5.36. The molecule has 0 saturated heterocycles. The van der Waals surface area contributed by atoms with Crippen molar-refractivity contribution in [2.24, 2.45) is 5.41 Å². The van der Waals surface area contributed by atoms with Gasteiger partial charge in [0, 0.05) is 22.0 Å². The van der Waals surface area contributed by atoms with Crippen molar-refractivity contribution < 1.29 is 18.7 Å². The Morgan fingerprint density at radius 1 is 1.24 bits per heavy atom. The molecule has 0 bridgehead atoms. The molecule has 8 heteroatoms. The fraction of sp³-hybridized carbons (Fsp3) is 0.286. The predicted molar refractivity (Wildman–Crippen MR) is 112 cm³/mol. The number of fused-ring (bicyclic) bond motifs is 1. The Labute approximate surface area is 172 Å². The standard InChI is InChI=1S/C21H21N3O4S/c1-21(2,3)20(26)24-7-9-28-17-5-4-14(10-16(17)24)22-18(25)15-12-29-19(23-15)13-6-8-27-11-13/h4-6,8,10-12H,7,9H2,1-3H3,(H,22,25). The highest BCUT2D eigenvalue weighted by Gasteiger charge is 2.32. The molecule has 2 aromatic heterocycles. The average molecular weight is 411 g/mol. The minimum atomic E-state index is -0.516. The summed E-state index contributed by atoms with van der Waals surface area (Å²) in [6.07, 6.45) is 3.15. The van der Waals surface area contributed by atoms with E-state index in [1.54, 1.807) is 47.1 Å². The van der Waals surface area contributed by atoms with E-state index in [1.807, 2.05) is 20.8 Å². The number of amides is 2. The zero-order valence-electron chi connectivity index (χ0n) is 16.4. The lowest BCUT2D eigenvalue weighted by molar-refractivity contribution is -0.126. The molecule has 0 fully saturated rings. The molecular weight excluding hydrogens is 390 g/mol. The van der Waals surface area contributed by atoms with Crippen molar-refractivity contribution in [2.45, 2.75) is 20.8 Å². The molecule has 0 spiro atoms. The van der Waals surface area contributed by atoms with E-state index < -0.39 is 5.41 Å². The predicted octanol–water partition coefficient (Wildman–Crippen LogP) is 4.43. The molecule has 29 heavy (non-hydrogen) atoms. The number of ether oxygens (including phenoxy) is 1. The van der Waals surface area contributed by atoms with Crippen LogP contribution in [0, 0.1) is 5.41 Å². The first-order valence-electron chi connectivity index (χ1n) is 9.21. The lowest BCUT2D eigenvalue weighted by Gasteiger charge is -2.34. The highest BCUT2D eigenvalue weighted by atomic mass is 32.1. The van der Waals surface area contributed by atoms with E-state index in [4.69, 9.17) is 9.15 Å². The molecule has 0 atom stereocenters. The molecule has 3 aromatic rings. The summed E-state index contributed by atoms with van der Waals surface area (Å²) in [5.41, 5.74) is 1.87. The van der Waals surface area contributed by atoms with Crippen LogP contribution in [0.2, 0.25) is 0 Å². The van der Waals surface area contributed by atoms with E-state index in [9.17, 15) is 9.59 Å². The van der Waals surface area contributed by atoms with E-state index in [0.29, 0.717) is 41.0 Å². The second kappa shape index (κ2) is 7.36. The molecule has 150 valence electrons. The van der Waals surface area contributed by atoms with Gasteiger partial charge in [-0.05, 0) is 24.3 Å². The van der Waals surface area contributed by atoms with Crippen molar-refractivity contribution in [3.05, 3.63) is 47.9 Å². The van der Waals surface area contributed by atoms with Crippen molar-refractivity contribution in [3.63, 3.8) is 0 Å². The molecule has 7 nitrogen and oxygen atoms in total. The van der Waals surface area contributed by atoms with Crippen LogP contribution in [0.4, 0.5) is 11.4 Å². The largest absolute Gasteiger partial charge is 0.490 e. The molecule has 1 N–H and O–H groups in total. The monoisotopic (exact) mass is 411 g/mol. The average Bonchev–Trinajstić information content (AvgIpc) is 3.37. The van der Waals surface area contributed by atoms with Crippen LogP contribution in [0.5, 0.6) is 5.75 Å². The van der Waals surface area contributed by atoms with Crippen molar-refractivity contribution in [2.75, 3.05) is 23.4 Å². The third-order valence-electron chi connectivity index (χ3n) is 4.47. The zero-order valence-corrected chi connectivity index (χ0v) is 17.2. The molecular formula is C21H21N3O4S. The van der Waals surface area contributed by atoms with Gasteiger partial charge in [-0.25, -0.2) is 4.98 Å². The van der Waals surface area contributed by atoms with Crippen LogP contribution in [0.15, 0.2) is 46.6 Å². The van der Waals surface area contributed by atoms with Gasteiger partial charge in [-0.3, -0.25) is 9.59 Å². The van der Waals surface area contributed by atoms with E-state index >= 15 is 0 Å².